The standard InChI is InChI=1S/C61H112NO7P/c1-3-5-7-9-11-13-15-17-19-21-23-25-27-29-31-33-35-37-39-41-43-45-47-49-51-53-56-66-58-60(59-68-70(64,65)67-57-55-62)69-61(63)54-52-50-48-46-44-42-40-38-36-34-32-30-28-26-24-22-20-18-16-14-12-10-8-6-4-2/h6,8,12,14,18,20,24,26,30,32,36,38,60H,3-5,7,9-11,13,15-17,19,21-23,25,27-29,31,33-35,37,39-59,62H2,1-2H3,(H,64,65)/b8-6-,14-12-,20-18-,26-24-,32-30-,38-36-. The third-order valence-corrected chi connectivity index (χ3v) is 13.6. The van der Waals surface area contributed by atoms with Crippen LogP contribution in [0.25, 0.3) is 0 Å². The molecule has 0 aliphatic rings. The van der Waals surface area contributed by atoms with E-state index in [-0.39, 0.29) is 32.3 Å². The van der Waals surface area contributed by atoms with Crippen LogP contribution >= 0.6 is 7.82 Å². The molecule has 0 heterocycles. The van der Waals surface area contributed by atoms with Gasteiger partial charge in [0.05, 0.1) is 19.8 Å². The minimum absolute atomic E-state index is 0.0958. The van der Waals surface area contributed by atoms with Crippen LogP contribution in [0.1, 0.15) is 271 Å². The fourth-order valence-electron chi connectivity index (χ4n) is 8.36. The van der Waals surface area contributed by atoms with Crippen LogP contribution in [0.4, 0.5) is 0 Å². The van der Waals surface area contributed by atoms with Gasteiger partial charge in [0.2, 0.25) is 0 Å². The third kappa shape index (κ3) is 56.8. The van der Waals surface area contributed by atoms with Gasteiger partial charge in [-0.1, -0.05) is 273 Å². The highest BCUT2D eigenvalue weighted by Gasteiger charge is 2.25. The number of hydrogen-bond acceptors (Lipinski definition) is 7. The van der Waals surface area contributed by atoms with Crippen LogP contribution in [-0.4, -0.2) is 49.9 Å². The maximum absolute atomic E-state index is 12.7. The lowest BCUT2D eigenvalue weighted by Gasteiger charge is -2.20. The van der Waals surface area contributed by atoms with E-state index in [0.29, 0.717) is 13.0 Å². The Morgan fingerprint density at radius 1 is 0.443 bits per heavy atom. The van der Waals surface area contributed by atoms with Gasteiger partial charge in [0, 0.05) is 19.6 Å². The topological polar surface area (TPSA) is 117 Å². The summed E-state index contributed by atoms with van der Waals surface area (Å²) in [5, 5.41) is 0. The molecule has 0 radical (unpaired) electrons. The summed E-state index contributed by atoms with van der Waals surface area (Å²) in [4.78, 5) is 22.7. The predicted molar refractivity (Wildman–Crippen MR) is 302 cm³/mol. The first kappa shape index (κ1) is 67.9. The Morgan fingerprint density at radius 2 is 0.800 bits per heavy atom. The molecule has 9 heteroatoms. The Kier molecular flexibility index (Phi) is 56.1. The summed E-state index contributed by atoms with van der Waals surface area (Å²) >= 11 is 0. The number of unbranched alkanes of at least 4 members (excludes halogenated alkanes) is 31. The van der Waals surface area contributed by atoms with Gasteiger partial charge in [-0.25, -0.2) is 4.57 Å². The molecule has 0 fully saturated rings. The lowest BCUT2D eigenvalue weighted by Crippen LogP contribution is -2.28. The van der Waals surface area contributed by atoms with Gasteiger partial charge in [0.1, 0.15) is 6.10 Å². The number of hydrogen-bond donors (Lipinski definition) is 2. The molecule has 0 rings (SSSR count). The van der Waals surface area contributed by atoms with Crippen molar-refractivity contribution in [1.82, 2.24) is 0 Å². The van der Waals surface area contributed by atoms with Crippen molar-refractivity contribution in [3.8, 4) is 0 Å². The number of phosphoric ester groups is 1. The van der Waals surface area contributed by atoms with Crippen molar-refractivity contribution in [2.24, 2.45) is 5.73 Å². The summed E-state index contributed by atoms with van der Waals surface area (Å²) in [6.07, 6.45) is 75.3. The van der Waals surface area contributed by atoms with E-state index in [2.05, 4.69) is 86.8 Å². The highest BCUT2D eigenvalue weighted by molar-refractivity contribution is 7.47. The summed E-state index contributed by atoms with van der Waals surface area (Å²) in [5.74, 6) is -0.342. The summed E-state index contributed by atoms with van der Waals surface area (Å²) in [5.41, 5.74) is 5.40. The molecule has 0 aliphatic carbocycles. The molecule has 0 aromatic rings. The molecule has 2 unspecified atom stereocenters. The number of phosphoric acid groups is 1. The second-order valence-electron chi connectivity index (χ2n) is 19.5. The van der Waals surface area contributed by atoms with E-state index in [1.165, 1.54) is 167 Å². The quantitative estimate of drug-likeness (QED) is 0.0268. The first-order valence-corrected chi connectivity index (χ1v) is 30.9. The van der Waals surface area contributed by atoms with Crippen molar-refractivity contribution in [2.75, 3.05) is 33.0 Å². The average molecular weight is 1000 g/mol. The maximum Gasteiger partial charge on any atom is 0.472 e. The fourth-order valence-corrected chi connectivity index (χ4v) is 9.12. The van der Waals surface area contributed by atoms with Gasteiger partial charge in [0.25, 0.3) is 0 Å². The fraction of sp³-hybridized carbons (Fsp3) is 0.787. The lowest BCUT2D eigenvalue weighted by molar-refractivity contribution is -0.154. The van der Waals surface area contributed by atoms with Gasteiger partial charge in [-0.05, 0) is 64.2 Å². The van der Waals surface area contributed by atoms with E-state index in [0.717, 1.165) is 83.5 Å². The van der Waals surface area contributed by atoms with E-state index < -0.39 is 13.9 Å². The maximum atomic E-state index is 12.7. The molecule has 0 aromatic carbocycles. The number of rotatable bonds is 56. The number of carbonyl (C=O) groups excluding carboxylic acids is 1. The first-order valence-electron chi connectivity index (χ1n) is 29.4. The smallest absolute Gasteiger partial charge is 0.457 e. The van der Waals surface area contributed by atoms with Crippen LogP contribution in [0.3, 0.4) is 0 Å². The van der Waals surface area contributed by atoms with Gasteiger partial charge in [-0.15, -0.1) is 0 Å². The second-order valence-corrected chi connectivity index (χ2v) is 20.9. The molecule has 0 amide bonds. The van der Waals surface area contributed by atoms with Crippen molar-refractivity contribution >= 4 is 13.8 Å². The van der Waals surface area contributed by atoms with Crippen LogP contribution in [0.5, 0.6) is 0 Å². The zero-order valence-corrected chi connectivity index (χ0v) is 46.6. The Hall–Kier alpha value is -2.06. The zero-order chi connectivity index (χ0) is 50.8. The molecule has 0 aromatic heterocycles. The van der Waals surface area contributed by atoms with Crippen LogP contribution in [-0.2, 0) is 27.9 Å². The molecule has 8 nitrogen and oxygen atoms in total. The highest BCUT2D eigenvalue weighted by atomic mass is 31.2. The lowest BCUT2D eigenvalue weighted by atomic mass is 10.0. The SMILES string of the molecule is CC/C=C\C/C=C\C/C=C\C/C=C\C/C=C\C/C=C\CCCCCCCCC(=O)OC(COCCCCCCCCCCCCCCCCCCCCCCCCCCCC)COP(=O)(O)OCCN. The summed E-state index contributed by atoms with van der Waals surface area (Å²) in [6.45, 7) is 4.83. The molecule has 0 saturated carbocycles. The first-order chi connectivity index (χ1) is 34.4. The number of allylic oxidation sites excluding steroid dienone is 12. The van der Waals surface area contributed by atoms with Gasteiger partial charge < -0.3 is 20.1 Å². The van der Waals surface area contributed by atoms with E-state index in [1.54, 1.807) is 0 Å². The van der Waals surface area contributed by atoms with E-state index in [1.807, 2.05) is 0 Å². The summed E-state index contributed by atoms with van der Waals surface area (Å²) in [7, 11) is -4.29. The normalized spacial score (nSPS) is 13.7. The van der Waals surface area contributed by atoms with Crippen molar-refractivity contribution in [2.45, 2.75) is 277 Å². The van der Waals surface area contributed by atoms with Crippen molar-refractivity contribution < 1.29 is 32.8 Å². The molecule has 2 atom stereocenters. The van der Waals surface area contributed by atoms with Crippen LogP contribution in [0.15, 0.2) is 72.9 Å². The van der Waals surface area contributed by atoms with Crippen LogP contribution < -0.4 is 5.73 Å². The van der Waals surface area contributed by atoms with Gasteiger partial charge in [0.15, 0.2) is 0 Å². The number of nitrogens with two attached hydrogens (primary N) is 1. The average Bonchev–Trinajstić information content (AvgIpc) is 3.35. The zero-order valence-electron chi connectivity index (χ0n) is 45.7. The Labute approximate surface area is 433 Å². The molecule has 0 bridgehead atoms. The molecular formula is C61H112NO7P. The Morgan fingerprint density at radius 3 is 1.20 bits per heavy atom. The van der Waals surface area contributed by atoms with Crippen molar-refractivity contribution in [3.63, 3.8) is 0 Å². The number of ether oxygens (including phenoxy) is 2. The van der Waals surface area contributed by atoms with Crippen LogP contribution in [0.2, 0.25) is 0 Å². The molecule has 0 spiro atoms. The van der Waals surface area contributed by atoms with Crippen molar-refractivity contribution in [3.05, 3.63) is 72.9 Å². The van der Waals surface area contributed by atoms with Gasteiger partial charge >= 0.3 is 13.8 Å². The van der Waals surface area contributed by atoms with Gasteiger partial charge in [-0.3, -0.25) is 13.8 Å². The van der Waals surface area contributed by atoms with Gasteiger partial charge in [-0.2, -0.15) is 0 Å². The molecule has 408 valence electrons. The minimum atomic E-state index is -4.29. The second kappa shape index (κ2) is 57.8. The predicted octanol–water partition coefficient (Wildman–Crippen LogP) is 19.0. The van der Waals surface area contributed by atoms with E-state index >= 15 is 0 Å². The summed E-state index contributed by atoms with van der Waals surface area (Å²) in [6, 6.07) is 0. The molecular weight excluding hydrogens is 890 g/mol. The number of esters is 1. The molecule has 0 aliphatic heterocycles. The monoisotopic (exact) mass is 1000 g/mol. The third-order valence-electron chi connectivity index (χ3n) is 12.6. The van der Waals surface area contributed by atoms with Crippen molar-refractivity contribution in [1.29, 1.82) is 0 Å². The Balaban J connectivity index is 3.90. The van der Waals surface area contributed by atoms with E-state index in [9.17, 15) is 14.3 Å². The van der Waals surface area contributed by atoms with Crippen LogP contribution in [0, 0.1) is 0 Å². The number of carbonyl (C=O) groups is 1. The Bertz CT molecular complexity index is 1310. The summed E-state index contributed by atoms with van der Waals surface area (Å²) < 4.78 is 33.7. The molecule has 70 heavy (non-hydrogen) atoms. The van der Waals surface area contributed by atoms with E-state index in [4.69, 9.17) is 24.3 Å². The highest BCUT2D eigenvalue weighted by Crippen LogP contribution is 2.43. The largest absolute Gasteiger partial charge is 0.472 e. The minimum Gasteiger partial charge on any atom is -0.457 e. The molecule has 3 N–H and O–H groups in total. The molecule has 0 saturated heterocycles.